The highest BCUT2D eigenvalue weighted by Crippen LogP contribution is 2.32. The molecule has 1 N–H and O–H groups in total. The van der Waals surface area contributed by atoms with Gasteiger partial charge in [0, 0.05) is 6.04 Å². The Bertz CT molecular complexity index is 1050. The Morgan fingerprint density at radius 2 is 1.59 bits per heavy atom. The molecule has 0 fully saturated rings. The zero-order valence-electron chi connectivity index (χ0n) is 18.9. The second kappa shape index (κ2) is 10.9. The molecule has 0 spiro atoms. The molecule has 170 valence electrons. The van der Waals surface area contributed by atoms with Gasteiger partial charge in [-0.3, -0.25) is 4.79 Å². The predicted octanol–water partition coefficient (Wildman–Crippen LogP) is 4.75. The second-order valence-electron chi connectivity index (χ2n) is 7.25. The summed E-state index contributed by atoms with van der Waals surface area (Å²) in [6, 6.07) is 14.8. The van der Waals surface area contributed by atoms with Gasteiger partial charge in [0.1, 0.15) is 5.75 Å². The van der Waals surface area contributed by atoms with E-state index in [4.69, 9.17) is 14.2 Å². The summed E-state index contributed by atoms with van der Waals surface area (Å²) >= 11 is 1.32. The van der Waals surface area contributed by atoms with E-state index in [0.717, 1.165) is 0 Å². The minimum atomic E-state index is -0.363. The Morgan fingerprint density at radius 3 is 2.25 bits per heavy atom. The highest BCUT2D eigenvalue weighted by atomic mass is 32.2. The fraction of sp³-hybridized carbons (Fsp3) is 0.348. The number of amides is 1. The number of methoxy groups -OCH3 is 2. The van der Waals surface area contributed by atoms with Crippen molar-refractivity contribution in [1.29, 1.82) is 0 Å². The maximum absolute atomic E-state index is 12.5. The van der Waals surface area contributed by atoms with Gasteiger partial charge in [-0.1, -0.05) is 36.0 Å². The van der Waals surface area contributed by atoms with E-state index in [9.17, 15) is 4.79 Å². The van der Waals surface area contributed by atoms with E-state index < -0.39 is 0 Å². The minimum Gasteiger partial charge on any atom is -0.495 e. The molecule has 1 atom stereocenters. The van der Waals surface area contributed by atoms with Crippen LogP contribution >= 0.6 is 11.8 Å². The van der Waals surface area contributed by atoms with Crippen molar-refractivity contribution in [3.8, 4) is 17.2 Å². The lowest BCUT2D eigenvalue weighted by atomic mass is 10.3. The van der Waals surface area contributed by atoms with E-state index in [0.29, 0.717) is 33.9 Å². The second-order valence-corrected chi connectivity index (χ2v) is 8.20. The fourth-order valence-corrected chi connectivity index (χ4v) is 4.05. The van der Waals surface area contributed by atoms with E-state index in [2.05, 4.69) is 15.5 Å². The van der Waals surface area contributed by atoms with Crippen LogP contribution in [0.3, 0.4) is 0 Å². The standard InChI is InChI=1S/C23H28N4O4S/c1-15(2)27-22(16(3)31-20-13-9-8-12-19(20)30-5)25-26-23(27)32-14-21(28)24-17-10-6-7-11-18(17)29-4/h6-13,15-16H,14H2,1-5H3,(H,24,28). The minimum absolute atomic E-state index is 0.0866. The van der Waals surface area contributed by atoms with Crippen molar-refractivity contribution in [2.75, 3.05) is 25.3 Å². The molecule has 32 heavy (non-hydrogen) atoms. The average molecular weight is 457 g/mol. The molecule has 8 nitrogen and oxygen atoms in total. The van der Waals surface area contributed by atoms with Gasteiger partial charge in [0.25, 0.3) is 0 Å². The van der Waals surface area contributed by atoms with Gasteiger partial charge >= 0.3 is 0 Å². The first-order chi connectivity index (χ1) is 15.4. The van der Waals surface area contributed by atoms with Crippen LogP contribution in [-0.4, -0.2) is 40.6 Å². The van der Waals surface area contributed by atoms with Crippen LogP contribution in [0.15, 0.2) is 53.7 Å². The highest BCUT2D eigenvalue weighted by Gasteiger charge is 2.23. The Balaban J connectivity index is 1.71. The Labute approximate surface area is 192 Å². The normalized spacial score (nSPS) is 11.8. The number of rotatable bonds is 10. The van der Waals surface area contributed by atoms with Crippen molar-refractivity contribution in [2.45, 2.75) is 38.1 Å². The van der Waals surface area contributed by atoms with Crippen molar-refractivity contribution in [3.05, 3.63) is 54.4 Å². The molecule has 0 aliphatic rings. The number of hydrogen-bond acceptors (Lipinski definition) is 7. The van der Waals surface area contributed by atoms with Gasteiger partial charge in [-0.25, -0.2) is 0 Å². The number of nitrogens with zero attached hydrogens (tertiary/aromatic N) is 3. The summed E-state index contributed by atoms with van der Waals surface area (Å²) < 4.78 is 18.7. The Kier molecular flexibility index (Phi) is 7.99. The van der Waals surface area contributed by atoms with Crippen LogP contribution in [0.1, 0.15) is 38.7 Å². The van der Waals surface area contributed by atoms with Crippen LogP contribution in [0.4, 0.5) is 5.69 Å². The SMILES string of the molecule is COc1ccccc1NC(=O)CSc1nnc(C(C)Oc2ccccc2OC)n1C(C)C. The van der Waals surface area contributed by atoms with E-state index in [1.54, 1.807) is 26.4 Å². The summed E-state index contributed by atoms with van der Waals surface area (Å²) in [7, 11) is 3.18. The van der Waals surface area contributed by atoms with Crippen molar-refractivity contribution in [2.24, 2.45) is 0 Å². The summed E-state index contributed by atoms with van der Waals surface area (Å²) in [6.07, 6.45) is -0.363. The monoisotopic (exact) mass is 456 g/mol. The quantitative estimate of drug-likeness (QED) is 0.441. The lowest BCUT2D eigenvalue weighted by molar-refractivity contribution is -0.113. The molecular weight excluding hydrogens is 428 g/mol. The highest BCUT2D eigenvalue weighted by molar-refractivity contribution is 7.99. The molecule has 9 heteroatoms. The molecule has 1 unspecified atom stereocenters. The number of benzene rings is 2. The van der Waals surface area contributed by atoms with Crippen LogP contribution < -0.4 is 19.5 Å². The zero-order chi connectivity index (χ0) is 23.1. The van der Waals surface area contributed by atoms with Gasteiger partial charge < -0.3 is 24.1 Å². The van der Waals surface area contributed by atoms with E-state index in [1.807, 2.05) is 61.7 Å². The van der Waals surface area contributed by atoms with Crippen LogP contribution in [0.5, 0.6) is 17.2 Å². The third kappa shape index (κ3) is 5.53. The number of nitrogens with one attached hydrogen (secondary N) is 1. The predicted molar refractivity (Wildman–Crippen MR) is 125 cm³/mol. The van der Waals surface area contributed by atoms with E-state index in [1.165, 1.54) is 11.8 Å². The van der Waals surface area contributed by atoms with Crippen LogP contribution in [0.2, 0.25) is 0 Å². The molecule has 0 saturated heterocycles. The van der Waals surface area contributed by atoms with Gasteiger partial charge in [-0.15, -0.1) is 10.2 Å². The first-order valence-corrected chi connectivity index (χ1v) is 11.2. The summed E-state index contributed by atoms with van der Waals surface area (Å²) in [5.41, 5.74) is 0.630. The molecule has 3 aromatic rings. The number of aromatic nitrogens is 3. The maximum Gasteiger partial charge on any atom is 0.234 e. The summed E-state index contributed by atoms with van der Waals surface area (Å²) in [6.45, 7) is 6.00. The molecule has 1 amide bonds. The molecule has 0 bridgehead atoms. The Morgan fingerprint density at radius 1 is 0.969 bits per heavy atom. The van der Waals surface area contributed by atoms with Crippen LogP contribution in [-0.2, 0) is 4.79 Å². The van der Waals surface area contributed by atoms with Gasteiger partial charge in [-0.05, 0) is 45.0 Å². The van der Waals surface area contributed by atoms with Crippen molar-refractivity contribution in [3.63, 3.8) is 0 Å². The molecule has 0 aliphatic heterocycles. The van der Waals surface area contributed by atoms with Gasteiger partial charge in [0.15, 0.2) is 28.6 Å². The third-order valence-electron chi connectivity index (χ3n) is 4.66. The topological polar surface area (TPSA) is 87.5 Å². The fourth-order valence-electron chi connectivity index (χ4n) is 3.17. The molecule has 1 aromatic heterocycles. The van der Waals surface area contributed by atoms with E-state index in [-0.39, 0.29) is 23.8 Å². The summed E-state index contributed by atoms with van der Waals surface area (Å²) in [5.74, 6) is 2.60. The molecule has 3 rings (SSSR count). The molecule has 0 radical (unpaired) electrons. The Hall–Kier alpha value is -3.20. The number of para-hydroxylation sites is 4. The van der Waals surface area contributed by atoms with Crippen LogP contribution in [0, 0.1) is 0 Å². The number of ether oxygens (including phenoxy) is 3. The van der Waals surface area contributed by atoms with Gasteiger partial charge in [-0.2, -0.15) is 0 Å². The average Bonchev–Trinajstić information content (AvgIpc) is 3.23. The lowest BCUT2D eigenvalue weighted by Crippen LogP contribution is -2.17. The smallest absolute Gasteiger partial charge is 0.234 e. The first-order valence-electron chi connectivity index (χ1n) is 10.2. The summed E-state index contributed by atoms with van der Waals surface area (Å²) in [4.78, 5) is 12.5. The van der Waals surface area contributed by atoms with Crippen molar-refractivity contribution in [1.82, 2.24) is 14.8 Å². The first kappa shape index (κ1) is 23.5. The number of thioether (sulfide) groups is 1. The van der Waals surface area contributed by atoms with Gasteiger partial charge in [0.05, 0.1) is 25.7 Å². The van der Waals surface area contributed by atoms with Crippen LogP contribution in [0.25, 0.3) is 0 Å². The van der Waals surface area contributed by atoms with Gasteiger partial charge in [0.2, 0.25) is 5.91 Å². The van der Waals surface area contributed by atoms with Crippen molar-refractivity contribution >= 4 is 23.4 Å². The number of anilines is 1. The van der Waals surface area contributed by atoms with Crippen molar-refractivity contribution < 1.29 is 19.0 Å². The lowest BCUT2D eigenvalue weighted by Gasteiger charge is -2.19. The molecular formula is C23H28N4O4S. The number of carbonyl (C=O) groups excluding carboxylic acids is 1. The molecule has 1 heterocycles. The third-order valence-corrected chi connectivity index (χ3v) is 5.60. The largest absolute Gasteiger partial charge is 0.495 e. The zero-order valence-corrected chi connectivity index (χ0v) is 19.7. The summed E-state index contributed by atoms with van der Waals surface area (Å²) in [5, 5.41) is 12.2. The number of carbonyl (C=O) groups is 1. The number of hydrogen-bond donors (Lipinski definition) is 1. The molecule has 0 saturated carbocycles. The maximum atomic E-state index is 12.5. The molecule has 2 aromatic carbocycles. The molecule has 0 aliphatic carbocycles. The van der Waals surface area contributed by atoms with E-state index >= 15 is 0 Å².